The van der Waals surface area contributed by atoms with Crippen LogP contribution in [0.15, 0.2) is 18.7 Å². The van der Waals surface area contributed by atoms with Crippen molar-refractivity contribution >= 4 is 11.0 Å². The number of ether oxygens (including phenoxy) is 1. The van der Waals surface area contributed by atoms with Crippen molar-refractivity contribution in [2.45, 2.75) is 32.4 Å². The van der Waals surface area contributed by atoms with Crippen molar-refractivity contribution in [3.05, 3.63) is 24.3 Å². The van der Waals surface area contributed by atoms with Gasteiger partial charge in [0.25, 0.3) is 0 Å². The summed E-state index contributed by atoms with van der Waals surface area (Å²) in [6, 6.07) is 0. The molecule has 3 heterocycles. The van der Waals surface area contributed by atoms with Gasteiger partial charge < -0.3 is 9.30 Å². The Hall–Kier alpha value is -1.42. The fourth-order valence-electron chi connectivity index (χ4n) is 2.26. The van der Waals surface area contributed by atoms with Crippen LogP contribution < -0.4 is 0 Å². The maximum Gasteiger partial charge on any atom is 0.135 e. The summed E-state index contributed by atoms with van der Waals surface area (Å²) in [7, 11) is 0. The van der Waals surface area contributed by atoms with Crippen LogP contribution >= 0.6 is 0 Å². The standard InChI is InChI=1S/C12H15N3O/c1-9-6-13-7-10-12(9)14-8-15(10)11-4-2-3-5-16-11/h6-8,11H,2-5H2,1H3. The number of hydrogen-bond acceptors (Lipinski definition) is 3. The summed E-state index contributed by atoms with van der Waals surface area (Å²) >= 11 is 0. The van der Waals surface area contributed by atoms with Crippen LogP contribution in [0.25, 0.3) is 11.0 Å². The van der Waals surface area contributed by atoms with E-state index in [2.05, 4.69) is 14.5 Å². The zero-order valence-electron chi connectivity index (χ0n) is 9.39. The van der Waals surface area contributed by atoms with Crippen molar-refractivity contribution in [2.24, 2.45) is 0 Å². The number of pyridine rings is 1. The van der Waals surface area contributed by atoms with Gasteiger partial charge in [0, 0.05) is 12.8 Å². The fraction of sp³-hybridized carbons (Fsp3) is 0.500. The quantitative estimate of drug-likeness (QED) is 0.736. The molecule has 4 heteroatoms. The Morgan fingerprint density at radius 1 is 1.38 bits per heavy atom. The van der Waals surface area contributed by atoms with E-state index in [1.54, 1.807) is 0 Å². The molecule has 2 aromatic rings. The van der Waals surface area contributed by atoms with Gasteiger partial charge in [-0.2, -0.15) is 0 Å². The van der Waals surface area contributed by atoms with Gasteiger partial charge in [-0.15, -0.1) is 0 Å². The number of aromatic nitrogens is 3. The first-order valence-electron chi connectivity index (χ1n) is 5.75. The van der Waals surface area contributed by atoms with E-state index < -0.39 is 0 Å². The van der Waals surface area contributed by atoms with E-state index in [0.717, 1.165) is 29.6 Å². The molecule has 1 fully saturated rings. The second-order valence-electron chi connectivity index (χ2n) is 4.30. The molecule has 0 bridgehead atoms. The lowest BCUT2D eigenvalue weighted by atomic mass is 10.2. The Kier molecular flexibility index (Phi) is 2.36. The minimum Gasteiger partial charge on any atom is -0.358 e. The van der Waals surface area contributed by atoms with Crippen molar-refractivity contribution in [1.29, 1.82) is 0 Å². The molecular formula is C12H15N3O. The van der Waals surface area contributed by atoms with Gasteiger partial charge in [0.1, 0.15) is 6.23 Å². The third-order valence-corrected chi connectivity index (χ3v) is 3.14. The van der Waals surface area contributed by atoms with Crippen LogP contribution in [0.5, 0.6) is 0 Å². The first-order valence-corrected chi connectivity index (χ1v) is 5.75. The highest BCUT2D eigenvalue weighted by atomic mass is 16.5. The van der Waals surface area contributed by atoms with Crippen LogP contribution in [0, 0.1) is 6.92 Å². The second kappa shape index (κ2) is 3.87. The van der Waals surface area contributed by atoms with Gasteiger partial charge in [-0.25, -0.2) is 4.98 Å². The predicted octanol–water partition coefficient (Wildman–Crippen LogP) is 2.44. The predicted molar refractivity (Wildman–Crippen MR) is 61.1 cm³/mol. The summed E-state index contributed by atoms with van der Waals surface area (Å²) in [4.78, 5) is 8.66. The van der Waals surface area contributed by atoms with Crippen molar-refractivity contribution in [2.75, 3.05) is 6.61 Å². The zero-order valence-corrected chi connectivity index (χ0v) is 9.39. The lowest BCUT2D eigenvalue weighted by molar-refractivity contribution is -0.0295. The molecule has 0 spiro atoms. The summed E-state index contributed by atoms with van der Waals surface area (Å²) in [5.41, 5.74) is 3.23. The summed E-state index contributed by atoms with van der Waals surface area (Å²) in [6.07, 6.45) is 9.19. The van der Waals surface area contributed by atoms with Gasteiger partial charge in [0.05, 0.1) is 23.6 Å². The highest BCUT2D eigenvalue weighted by Crippen LogP contribution is 2.26. The number of rotatable bonds is 1. The SMILES string of the molecule is Cc1cncc2c1ncn2C1CCCCO1. The number of aryl methyl sites for hydroxylation is 1. The molecule has 84 valence electrons. The highest BCUT2D eigenvalue weighted by molar-refractivity contribution is 5.77. The number of imidazole rings is 1. The molecule has 1 unspecified atom stereocenters. The molecule has 0 radical (unpaired) electrons. The van der Waals surface area contributed by atoms with Gasteiger partial charge in [-0.1, -0.05) is 0 Å². The Morgan fingerprint density at radius 3 is 3.12 bits per heavy atom. The van der Waals surface area contributed by atoms with Gasteiger partial charge >= 0.3 is 0 Å². The van der Waals surface area contributed by atoms with Gasteiger partial charge in [-0.05, 0) is 31.7 Å². The first kappa shape index (κ1) is 9.78. The van der Waals surface area contributed by atoms with Crippen molar-refractivity contribution < 1.29 is 4.74 Å². The molecule has 2 aromatic heterocycles. The number of nitrogens with zero attached hydrogens (tertiary/aromatic N) is 3. The maximum atomic E-state index is 5.77. The van der Waals surface area contributed by atoms with E-state index in [1.807, 2.05) is 25.6 Å². The largest absolute Gasteiger partial charge is 0.358 e. The van der Waals surface area contributed by atoms with Gasteiger partial charge in [0.15, 0.2) is 0 Å². The molecule has 0 amide bonds. The fourth-order valence-corrected chi connectivity index (χ4v) is 2.26. The Bertz CT molecular complexity index is 500. The molecule has 1 aliphatic rings. The average Bonchev–Trinajstić information content (AvgIpc) is 2.75. The highest BCUT2D eigenvalue weighted by Gasteiger charge is 2.18. The van der Waals surface area contributed by atoms with Crippen molar-refractivity contribution in [3.63, 3.8) is 0 Å². The molecule has 0 N–H and O–H groups in total. The van der Waals surface area contributed by atoms with Crippen LogP contribution in [0.3, 0.4) is 0 Å². The zero-order chi connectivity index (χ0) is 11.0. The lowest BCUT2D eigenvalue weighted by Crippen LogP contribution is -2.17. The van der Waals surface area contributed by atoms with E-state index in [0.29, 0.717) is 0 Å². The van der Waals surface area contributed by atoms with E-state index in [-0.39, 0.29) is 6.23 Å². The smallest absolute Gasteiger partial charge is 0.135 e. The van der Waals surface area contributed by atoms with E-state index >= 15 is 0 Å². The molecule has 16 heavy (non-hydrogen) atoms. The van der Waals surface area contributed by atoms with Crippen LogP contribution in [-0.4, -0.2) is 21.1 Å². The van der Waals surface area contributed by atoms with E-state index in [9.17, 15) is 0 Å². The molecule has 1 atom stereocenters. The minimum absolute atomic E-state index is 0.141. The topological polar surface area (TPSA) is 39.9 Å². The molecule has 3 rings (SSSR count). The van der Waals surface area contributed by atoms with Crippen LogP contribution in [0.4, 0.5) is 0 Å². The van der Waals surface area contributed by atoms with Gasteiger partial charge in [0.2, 0.25) is 0 Å². The third-order valence-electron chi connectivity index (χ3n) is 3.14. The summed E-state index contributed by atoms with van der Waals surface area (Å²) < 4.78 is 7.87. The molecular weight excluding hydrogens is 202 g/mol. The van der Waals surface area contributed by atoms with Crippen LogP contribution in [0.2, 0.25) is 0 Å². The normalized spacial score (nSPS) is 21.4. The Balaban J connectivity index is 2.06. The molecule has 1 saturated heterocycles. The second-order valence-corrected chi connectivity index (χ2v) is 4.30. The lowest BCUT2D eigenvalue weighted by Gasteiger charge is -2.24. The monoisotopic (exact) mass is 217 g/mol. The molecule has 4 nitrogen and oxygen atoms in total. The number of hydrogen-bond donors (Lipinski definition) is 0. The molecule has 1 aliphatic heterocycles. The summed E-state index contributed by atoms with van der Waals surface area (Å²) in [6.45, 7) is 2.89. The van der Waals surface area contributed by atoms with Crippen molar-refractivity contribution in [1.82, 2.24) is 14.5 Å². The first-order chi connectivity index (χ1) is 7.86. The molecule has 0 aromatic carbocycles. The summed E-state index contributed by atoms with van der Waals surface area (Å²) in [5.74, 6) is 0. The van der Waals surface area contributed by atoms with Crippen LogP contribution in [-0.2, 0) is 4.74 Å². The number of fused-ring (bicyclic) bond motifs is 1. The maximum absolute atomic E-state index is 5.77. The van der Waals surface area contributed by atoms with Gasteiger partial charge in [-0.3, -0.25) is 4.98 Å². The van der Waals surface area contributed by atoms with E-state index in [1.165, 1.54) is 12.8 Å². The average molecular weight is 217 g/mol. The minimum atomic E-state index is 0.141. The third kappa shape index (κ3) is 1.50. The Labute approximate surface area is 94.3 Å². The summed E-state index contributed by atoms with van der Waals surface area (Å²) in [5, 5.41) is 0. The Morgan fingerprint density at radius 2 is 2.31 bits per heavy atom. The van der Waals surface area contributed by atoms with Crippen LogP contribution in [0.1, 0.15) is 31.1 Å². The molecule has 0 aliphatic carbocycles. The van der Waals surface area contributed by atoms with E-state index in [4.69, 9.17) is 4.74 Å². The van der Waals surface area contributed by atoms with Crippen molar-refractivity contribution in [3.8, 4) is 0 Å². The molecule has 0 saturated carbocycles.